The van der Waals surface area contributed by atoms with E-state index in [0.717, 1.165) is 18.5 Å². The first-order chi connectivity index (χ1) is 13.4. The third-order valence-electron chi connectivity index (χ3n) is 4.75. The minimum absolute atomic E-state index is 0.0335. The average Bonchev–Trinajstić information content (AvgIpc) is 2.87. The summed E-state index contributed by atoms with van der Waals surface area (Å²) in [5.74, 6) is -0.525. The lowest BCUT2D eigenvalue weighted by molar-refractivity contribution is 0.191. The number of hydrogen-bond acceptors (Lipinski definition) is 3. The van der Waals surface area contributed by atoms with Gasteiger partial charge in [0, 0.05) is 37.7 Å². The van der Waals surface area contributed by atoms with E-state index in [1.54, 1.807) is 17.3 Å². The normalized spacial score (nSPS) is 17.4. The molecule has 3 rings (SSSR count). The van der Waals surface area contributed by atoms with Crippen molar-refractivity contribution in [3.8, 4) is 0 Å². The van der Waals surface area contributed by atoms with Gasteiger partial charge in [-0.15, -0.1) is 0 Å². The van der Waals surface area contributed by atoms with Crippen LogP contribution < -0.4 is 10.2 Å². The maximum Gasteiger partial charge on any atom is 0.322 e. The van der Waals surface area contributed by atoms with Gasteiger partial charge in [-0.1, -0.05) is 41.7 Å². The number of carbonyl (C=O) groups is 1. The molecule has 1 N–H and O–H groups in total. The van der Waals surface area contributed by atoms with Crippen LogP contribution in [0.25, 0.3) is 0 Å². The van der Waals surface area contributed by atoms with E-state index in [1.165, 1.54) is 18.2 Å². The molecule has 1 aromatic carbocycles. The first-order valence-electron chi connectivity index (χ1n) is 8.97. The maximum atomic E-state index is 13.3. The second-order valence-corrected chi connectivity index (χ2v) is 7.79. The zero-order valence-electron chi connectivity index (χ0n) is 15.3. The van der Waals surface area contributed by atoms with Gasteiger partial charge in [-0.25, -0.2) is 9.18 Å². The molecule has 0 bridgehead atoms. The number of aromatic nitrogens is 1. The highest BCUT2D eigenvalue weighted by molar-refractivity contribution is 6.38. The molecule has 5 nitrogen and oxygen atoms in total. The van der Waals surface area contributed by atoms with Crippen molar-refractivity contribution in [3.63, 3.8) is 0 Å². The lowest BCUT2D eigenvalue weighted by atomic mass is 10.2. The van der Waals surface area contributed by atoms with Crippen LogP contribution in [-0.4, -0.2) is 41.6 Å². The fourth-order valence-electron chi connectivity index (χ4n) is 3.35. The molecule has 1 aliphatic heterocycles. The number of urea groups is 1. The van der Waals surface area contributed by atoms with E-state index < -0.39 is 5.82 Å². The van der Waals surface area contributed by atoms with Gasteiger partial charge < -0.3 is 15.1 Å². The fraction of sp³-hybridized carbons (Fsp3) is 0.368. The Balaban J connectivity index is 1.77. The van der Waals surface area contributed by atoms with Crippen molar-refractivity contribution >= 4 is 52.2 Å². The van der Waals surface area contributed by atoms with Crippen molar-refractivity contribution < 1.29 is 9.18 Å². The monoisotopic (exact) mass is 444 g/mol. The van der Waals surface area contributed by atoms with E-state index in [1.807, 2.05) is 6.92 Å². The minimum Gasteiger partial charge on any atom is -0.367 e. The molecule has 0 radical (unpaired) electrons. The number of hydrogen-bond donors (Lipinski definition) is 1. The number of benzene rings is 1. The molecule has 28 heavy (non-hydrogen) atoms. The van der Waals surface area contributed by atoms with Crippen LogP contribution in [0.1, 0.15) is 19.8 Å². The van der Waals surface area contributed by atoms with Crippen LogP contribution in [0.3, 0.4) is 0 Å². The summed E-state index contributed by atoms with van der Waals surface area (Å²) < 4.78 is 13.3. The summed E-state index contributed by atoms with van der Waals surface area (Å²) in [5.41, 5.74) is 1.19. The lowest BCUT2D eigenvalue weighted by Gasteiger charge is -2.32. The largest absolute Gasteiger partial charge is 0.367 e. The Morgan fingerprint density at radius 2 is 1.93 bits per heavy atom. The summed E-state index contributed by atoms with van der Waals surface area (Å²) in [6, 6.07) is 3.83. The van der Waals surface area contributed by atoms with E-state index in [2.05, 4.69) is 15.2 Å². The quantitative estimate of drug-likeness (QED) is 0.659. The summed E-state index contributed by atoms with van der Waals surface area (Å²) in [4.78, 5) is 20.8. The third-order valence-corrected chi connectivity index (χ3v) is 5.59. The Hall–Kier alpha value is -1.76. The second-order valence-electron chi connectivity index (χ2n) is 6.57. The van der Waals surface area contributed by atoms with Gasteiger partial charge in [-0.3, -0.25) is 4.98 Å². The number of amides is 2. The zero-order chi connectivity index (χ0) is 20.3. The molecule has 2 aromatic rings. The predicted molar refractivity (Wildman–Crippen MR) is 112 cm³/mol. The first kappa shape index (κ1) is 21.0. The van der Waals surface area contributed by atoms with Crippen LogP contribution in [0.2, 0.25) is 15.1 Å². The van der Waals surface area contributed by atoms with Gasteiger partial charge in [-0.2, -0.15) is 0 Å². The van der Waals surface area contributed by atoms with E-state index in [-0.39, 0.29) is 17.1 Å². The molecule has 1 unspecified atom stereocenters. The number of halogens is 4. The van der Waals surface area contributed by atoms with Crippen molar-refractivity contribution in [1.82, 2.24) is 9.88 Å². The molecule has 0 spiro atoms. The molecule has 1 aliphatic rings. The number of anilines is 2. The SMILES string of the molecule is CCC1CN(c2c(Cl)cncc2Cl)CCCN1C(=O)Nc1ccc(F)c(Cl)c1. The molecule has 2 amide bonds. The zero-order valence-corrected chi connectivity index (χ0v) is 17.5. The first-order valence-corrected chi connectivity index (χ1v) is 10.1. The van der Waals surface area contributed by atoms with Crippen LogP contribution in [0, 0.1) is 5.82 Å². The van der Waals surface area contributed by atoms with E-state index in [9.17, 15) is 9.18 Å². The molecular formula is C19H20Cl3FN4O. The molecule has 0 saturated carbocycles. The number of pyridine rings is 1. The molecule has 2 heterocycles. The van der Waals surface area contributed by atoms with Crippen molar-refractivity contribution in [1.29, 1.82) is 0 Å². The summed E-state index contributed by atoms with van der Waals surface area (Å²) in [6.07, 6.45) is 4.65. The van der Waals surface area contributed by atoms with Gasteiger partial charge in [-0.05, 0) is 31.0 Å². The summed E-state index contributed by atoms with van der Waals surface area (Å²) >= 11 is 18.4. The van der Waals surface area contributed by atoms with Crippen LogP contribution >= 0.6 is 34.8 Å². The Labute approximate surface area is 178 Å². The van der Waals surface area contributed by atoms with Gasteiger partial charge in [0.05, 0.1) is 26.8 Å². The minimum atomic E-state index is -0.525. The summed E-state index contributed by atoms with van der Waals surface area (Å²) in [7, 11) is 0. The van der Waals surface area contributed by atoms with Crippen LogP contribution in [0.15, 0.2) is 30.6 Å². The number of nitrogens with zero attached hydrogens (tertiary/aromatic N) is 3. The number of carbonyl (C=O) groups excluding carboxylic acids is 1. The molecule has 1 fully saturated rings. The van der Waals surface area contributed by atoms with E-state index >= 15 is 0 Å². The van der Waals surface area contributed by atoms with Crippen molar-refractivity contribution in [2.45, 2.75) is 25.8 Å². The molecule has 1 aromatic heterocycles. The number of nitrogens with one attached hydrogen (secondary N) is 1. The number of rotatable bonds is 3. The van der Waals surface area contributed by atoms with Crippen molar-refractivity contribution in [2.75, 3.05) is 29.9 Å². The molecule has 1 saturated heterocycles. The summed E-state index contributed by atoms with van der Waals surface area (Å²) in [6.45, 7) is 3.92. The van der Waals surface area contributed by atoms with Crippen molar-refractivity contribution in [2.24, 2.45) is 0 Å². The summed E-state index contributed by atoms with van der Waals surface area (Å²) in [5, 5.41) is 3.75. The topological polar surface area (TPSA) is 48.5 Å². The van der Waals surface area contributed by atoms with Crippen LogP contribution in [0.5, 0.6) is 0 Å². The Morgan fingerprint density at radius 3 is 2.57 bits per heavy atom. The predicted octanol–water partition coefficient (Wildman–Crippen LogP) is 5.70. The van der Waals surface area contributed by atoms with Crippen molar-refractivity contribution in [3.05, 3.63) is 51.5 Å². The molecular weight excluding hydrogens is 426 g/mol. The Morgan fingerprint density at radius 1 is 1.21 bits per heavy atom. The molecule has 9 heteroatoms. The maximum absolute atomic E-state index is 13.3. The van der Waals surface area contributed by atoms with Gasteiger partial charge in [0.2, 0.25) is 0 Å². The van der Waals surface area contributed by atoms with E-state index in [4.69, 9.17) is 34.8 Å². The Kier molecular flexibility index (Phi) is 6.86. The molecule has 1 atom stereocenters. The van der Waals surface area contributed by atoms with Crippen LogP contribution in [0.4, 0.5) is 20.6 Å². The molecule has 0 aliphatic carbocycles. The highest BCUT2D eigenvalue weighted by atomic mass is 35.5. The third kappa shape index (κ3) is 4.62. The highest BCUT2D eigenvalue weighted by Gasteiger charge is 2.29. The van der Waals surface area contributed by atoms with Gasteiger partial charge >= 0.3 is 6.03 Å². The average molecular weight is 446 g/mol. The molecule has 150 valence electrons. The standard InChI is InChI=1S/C19H20Cl3FN4O/c1-2-13-11-26(18-15(21)9-24-10-16(18)22)6-3-7-27(13)19(28)25-12-4-5-17(23)14(20)8-12/h4-5,8-10,13H,2-3,6-7,11H2,1H3,(H,25,28). The van der Waals surface area contributed by atoms with Gasteiger partial charge in [0.15, 0.2) is 0 Å². The van der Waals surface area contributed by atoms with E-state index in [0.29, 0.717) is 35.4 Å². The van der Waals surface area contributed by atoms with Gasteiger partial charge in [0.25, 0.3) is 0 Å². The fourth-order valence-corrected chi connectivity index (χ4v) is 4.14. The van der Waals surface area contributed by atoms with Gasteiger partial charge in [0.1, 0.15) is 5.82 Å². The lowest BCUT2D eigenvalue weighted by Crippen LogP contribution is -2.46. The highest BCUT2D eigenvalue weighted by Crippen LogP contribution is 2.34. The Bertz CT molecular complexity index is 847. The van der Waals surface area contributed by atoms with Crippen LogP contribution in [-0.2, 0) is 0 Å². The second kappa shape index (κ2) is 9.16. The smallest absolute Gasteiger partial charge is 0.322 e.